The number of amides is 3. The number of anilines is 2. The van der Waals surface area contributed by atoms with Crippen LogP contribution < -0.4 is 25.4 Å². The van der Waals surface area contributed by atoms with Crippen molar-refractivity contribution < 1.29 is 23.9 Å². The van der Waals surface area contributed by atoms with E-state index in [4.69, 9.17) is 9.47 Å². The van der Waals surface area contributed by atoms with Crippen molar-refractivity contribution in [3.05, 3.63) is 120 Å². The zero-order valence-electron chi connectivity index (χ0n) is 24.1. The zero-order chi connectivity index (χ0) is 30.6. The second-order valence-electron chi connectivity index (χ2n) is 9.37. The van der Waals surface area contributed by atoms with Gasteiger partial charge < -0.3 is 25.4 Å². The van der Waals surface area contributed by atoms with Gasteiger partial charge in [-0.3, -0.25) is 14.4 Å². The third-order valence-corrected chi connectivity index (χ3v) is 7.70. The fourth-order valence-corrected chi connectivity index (χ4v) is 5.05. The molecule has 0 fully saturated rings. The summed E-state index contributed by atoms with van der Waals surface area (Å²) in [5.74, 6) is 0.356. The lowest BCUT2D eigenvalue weighted by molar-refractivity contribution is -0.116. The van der Waals surface area contributed by atoms with Crippen molar-refractivity contribution in [1.82, 2.24) is 5.32 Å². The molecule has 0 bridgehead atoms. The highest BCUT2D eigenvalue weighted by Gasteiger charge is 2.19. The molecule has 0 aromatic heterocycles. The summed E-state index contributed by atoms with van der Waals surface area (Å²) in [7, 11) is 3.17. The molecule has 1 unspecified atom stereocenters. The van der Waals surface area contributed by atoms with E-state index in [9.17, 15) is 14.4 Å². The van der Waals surface area contributed by atoms with E-state index in [0.717, 1.165) is 4.90 Å². The average molecular weight is 596 g/mol. The number of nitrogens with one attached hydrogen (secondary N) is 3. The number of ether oxygens (including phenoxy) is 2. The third kappa shape index (κ3) is 8.98. The Kier molecular flexibility index (Phi) is 11.0. The number of hydrogen-bond acceptors (Lipinski definition) is 6. The number of thioether (sulfide) groups is 1. The van der Waals surface area contributed by atoms with E-state index in [1.807, 2.05) is 19.1 Å². The van der Waals surface area contributed by atoms with Crippen molar-refractivity contribution in [2.24, 2.45) is 0 Å². The number of carbonyl (C=O) groups is 3. The molecule has 4 aromatic carbocycles. The van der Waals surface area contributed by atoms with Crippen LogP contribution >= 0.6 is 11.8 Å². The molecule has 3 N–H and O–H groups in total. The molecule has 9 heteroatoms. The summed E-state index contributed by atoms with van der Waals surface area (Å²) in [6.07, 6.45) is 2.20. The molecule has 0 spiro atoms. The topological polar surface area (TPSA) is 106 Å². The number of rotatable bonds is 12. The van der Waals surface area contributed by atoms with E-state index in [0.29, 0.717) is 40.4 Å². The minimum atomic E-state index is -0.494. The number of hydrogen-bond donors (Lipinski definition) is 3. The summed E-state index contributed by atoms with van der Waals surface area (Å²) in [6.45, 7) is 1.95. The van der Waals surface area contributed by atoms with Crippen LogP contribution in [0.1, 0.15) is 29.3 Å². The van der Waals surface area contributed by atoms with Crippen LogP contribution in [0, 0.1) is 0 Å². The van der Waals surface area contributed by atoms with Crippen molar-refractivity contribution in [2.45, 2.75) is 23.5 Å². The molecule has 220 valence electrons. The largest absolute Gasteiger partial charge is 0.497 e. The van der Waals surface area contributed by atoms with Crippen LogP contribution in [0.25, 0.3) is 6.08 Å². The maximum absolute atomic E-state index is 13.5. The monoisotopic (exact) mass is 595 g/mol. The number of benzene rings is 4. The molecule has 43 heavy (non-hydrogen) atoms. The van der Waals surface area contributed by atoms with Crippen LogP contribution in [-0.4, -0.2) is 37.2 Å². The predicted molar refractivity (Wildman–Crippen MR) is 172 cm³/mol. The molecule has 0 saturated carbocycles. The van der Waals surface area contributed by atoms with Gasteiger partial charge in [-0.25, -0.2) is 0 Å². The van der Waals surface area contributed by atoms with Crippen molar-refractivity contribution >= 4 is 46.9 Å². The van der Waals surface area contributed by atoms with Gasteiger partial charge in [0.15, 0.2) is 0 Å². The molecule has 8 nitrogen and oxygen atoms in total. The van der Waals surface area contributed by atoms with Crippen LogP contribution in [0.15, 0.2) is 114 Å². The maximum atomic E-state index is 13.5. The average Bonchev–Trinajstić information content (AvgIpc) is 3.04. The minimum absolute atomic E-state index is 0.0716. The zero-order valence-corrected chi connectivity index (χ0v) is 24.9. The van der Waals surface area contributed by atoms with Crippen LogP contribution in [0.3, 0.4) is 0 Å². The van der Waals surface area contributed by atoms with Crippen molar-refractivity contribution in [3.63, 3.8) is 0 Å². The minimum Gasteiger partial charge on any atom is -0.497 e. The second-order valence-corrected chi connectivity index (χ2v) is 10.6. The molecule has 4 aromatic rings. The molecule has 4 rings (SSSR count). The summed E-state index contributed by atoms with van der Waals surface area (Å²) in [5.41, 5.74) is 2.40. The first kappa shape index (κ1) is 30.9. The van der Waals surface area contributed by atoms with Gasteiger partial charge in [0.2, 0.25) is 5.91 Å². The quantitative estimate of drug-likeness (QED) is 0.126. The van der Waals surface area contributed by atoms with Crippen molar-refractivity contribution in [1.29, 1.82) is 0 Å². The lowest BCUT2D eigenvalue weighted by atomic mass is 10.1. The highest BCUT2D eigenvalue weighted by Crippen LogP contribution is 2.29. The standard InChI is InChI=1S/C34H33N3O5S/c1-4-31(34(40)35-25-15-19-28(42-3)20-16-25)43-29-12-8-11-26(22-29)36-33(39)30(21-23-13-17-27(41-2)18-14-23)37-32(38)24-9-6-5-7-10-24/h5-22,31H,4H2,1-3H3,(H,35,40)(H,36,39)(H,37,38)/b30-21+. The van der Waals surface area contributed by atoms with Crippen molar-refractivity contribution in [3.8, 4) is 11.5 Å². The van der Waals surface area contributed by atoms with E-state index in [1.165, 1.54) is 11.8 Å². The summed E-state index contributed by atoms with van der Waals surface area (Å²) in [4.78, 5) is 40.2. The summed E-state index contributed by atoms with van der Waals surface area (Å²) in [6, 6.07) is 30.2. The van der Waals surface area contributed by atoms with Crippen molar-refractivity contribution in [2.75, 3.05) is 24.9 Å². The Labute approximate surface area is 255 Å². The summed E-state index contributed by atoms with van der Waals surface area (Å²) >= 11 is 1.40. The Morgan fingerprint density at radius 3 is 2.05 bits per heavy atom. The maximum Gasteiger partial charge on any atom is 0.272 e. The SMILES string of the molecule is CCC(Sc1cccc(NC(=O)/C(=C\c2ccc(OC)cc2)NC(=O)c2ccccc2)c1)C(=O)Nc1ccc(OC)cc1. The second kappa shape index (κ2) is 15.3. The first-order chi connectivity index (χ1) is 20.9. The Balaban J connectivity index is 1.49. The van der Waals surface area contributed by atoms with Crippen LogP contribution in [0.4, 0.5) is 11.4 Å². The highest BCUT2D eigenvalue weighted by molar-refractivity contribution is 8.00. The number of carbonyl (C=O) groups excluding carboxylic acids is 3. The van der Waals surface area contributed by atoms with Gasteiger partial charge in [-0.15, -0.1) is 11.8 Å². The van der Waals surface area contributed by atoms with Crippen LogP contribution in [-0.2, 0) is 9.59 Å². The van der Waals surface area contributed by atoms with Gasteiger partial charge in [0.05, 0.1) is 19.5 Å². The van der Waals surface area contributed by atoms with Gasteiger partial charge in [0.25, 0.3) is 11.8 Å². The molecule has 1 atom stereocenters. The molecule has 0 radical (unpaired) electrons. The van der Waals surface area contributed by atoms with E-state index in [2.05, 4.69) is 16.0 Å². The molecular weight excluding hydrogens is 562 g/mol. The smallest absolute Gasteiger partial charge is 0.272 e. The van der Waals surface area contributed by atoms with Crippen LogP contribution in [0.5, 0.6) is 11.5 Å². The summed E-state index contributed by atoms with van der Waals surface area (Å²) in [5, 5.41) is 8.22. The summed E-state index contributed by atoms with van der Waals surface area (Å²) < 4.78 is 10.4. The highest BCUT2D eigenvalue weighted by atomic mass is 32.2. The molecule has 0 aliphatic carbocycles. The molecule has 0 heterocycles. The van der Waals surface area contributed by atoms with Crippen LogP contribution in [0.2, 0.25) is 0 Å². The van der Waals surface area contributed by atoms with Gasteiger partial charge in [0.1, 0.15) is 17.2 Å². The molecule has 0 saturated heterocycles. The van der Waals surface area contributed by atoms with Gasteiger partial charge in [0, 0.05) is 21.8 Å². The fourth-order valence-electron chi connectivity index (χ4n) is 4.04. The van der Waals surface area contributed by atoms with E-state index < -0.39 is 11.8 Å². The van der Waals surface area contributed by atoms with E-state index >= 15 is 0 Å². The molecule has 3 amide bonds. The fraction of sp³-hybridized carbons (Fsp3) is 0.147. The first-order valence-electron chi connectivity index (χ1n) is 13.6. The Hall–Kier alpha value is -5.02. The predicted octanol–water partition coefficient (Wildman–Crippen LogP) is 6.62. The van der Waals surface area contributed by atoms with Gasteiger partial charge in [-0.05, 0) is 84.8 Å². The molecule has 0 aliphatic rings. The Morgan fingerprint density at radius 2 is 1.42 bits per heavy atom. The Bertz CT molecular complexity index is 1570. The van der Waals surface area contributed by atoms with E-state index in [1.54, 1.807) is 111 Å². The van der Waals surface area contributed by atoms with Gasteiger partial charge in [-0.1, -0.05) is 43.3 Å². The number of methoxy groups -OCH3 is 2. The Morgan fingerprint density at radius 1 is 0.767 bits per heavy atom. The van der Waals surface area contributed by atoms with Gasteiger partial charge >= 0.3 is 0 Å². The third-order valence-electron chi connectivity index (χ3n) is 6.35. The molecular formula is C34H33N3O5S. The normalized spacial score (nSPS) is 11.7. The lowest BCUT2D eigenvalue weighted by Gasteiger charge is -2.16. The van der Waals surface area contributed by atoms with E-state index in [-0.39, 0.29) is 16.9 Å². The van der Waals surface area contributed by atoms with Gasteiger partial charge in [-0.2, -0.15) is 0 Å². The lowest BCUT2D eigenvalue weighted by Crippen LogP contribution is -2.30. The molecule has 0 aliphatic heterocycles. The first-order valence-corrected chi connectivity index (χ1v) is 14.5.